The van der Waals surface area contributed by atoms with Crippen molar-refractivity contribution in [2.24, 2.45) is 0 Å². The van der Waals surface area contributed by atoms with Crippen LogP contribution in [0.2, 0.25) is 0 Å². The summed E-state index contributed by atoms with van der Waals surface area (Å²) in [5.74, 6) is 1.82. The largest absolute Gasteiger partial charge is 0.497 e. The first-order valence-corrected chi connectivity index (χ1v) is 8.93. The van der Waals surface area contributed by atoms with Gasteiger partial charge in [0.2, 0.25) is 5.91 Å². The zero-order valence-corrected chi connectivity index (χ0v) is 14.7. The Bertz CT molecular complexity index is 663. The van der Waals surface area contributed by atoms with E-state index >= 15 is 0 Å². The van der Waals surface area contributed by atoms with E-state index in [1.165, 1.54) is 12.8 Å². The van der Waals surface area contributed by atoms with Crippen LogP contribution < -0.4 is 10.1 Å². The van der Waals surface area contributed by atoms with Gasteiger partial charge in [-0.3, -0.25) is 9.69 Å². The van der Waals surface area contributed by atoms with E-state index in [0.717, 1.165) is 30.2 Å². The molecule has 2 heterocycles. The Kier molecular flexibility index (Phi) is 6.12. The highest BCUT2D eigenvalue weighted by Gasteiger charge is 2.25. The van der Waals surface area contributed by atoms with Crippen molar-refractivity contribution in [3.05, 3.63) is 54.0 Å². The van der Waals surface area contributed by atoms with Gasteiger partial charge in [-0.1, -0.05) is 12.1 Å². The molecular weight excluding hydrogens is 316 g/mol. The highest BCUT2D eigenvalue weighted by Crippen LogP contribution is 2.25. The zero-order valence-electron chi connectivity index (χ0n) is 14.7. The van der Waals surface area contributed by atoms with Gasteiger partial charge in [0.15, 0.2) is 0 Å². The number of hydrogen-bond acceptors (Lipinski definition) is 4. The summed E-state index contributed by atoms with van der Waals surface area (Å²) in [6.07, 6.45) is 5.29. The molecule has 1 aliphatic rings. The molecule has 0 aliphatic carbocycles. The van der Waals surface area contributed by atoms with Gasteiger partial charge in [0.05, 0.1) is 19.4 Å². The number of aryl methyl sites for hydroxylation is 1. The zero-order chi connectivity index (χ0) is 17.5. The molecule has 0 saturated carbocycles. The van der Waals surface area contributed by atoms with E-state index < -0.39 is 0 Å². The van der Waals surface area contributed by atoms with Gasteiger partial charge in [-0.2, -0.15) is 0 Å². The van der Waals surface area contributed by atoms with Crippen LogP contribution in [-0.2, 0) is 11.2 Å². The minimum absolute atomic E-state index is 0.0681. The summed E-state index contributed by atoms with van der Waals surface area (Å²) in [4.78, 5) is 14.7. The number of likely N-dealkylation sites (tertiary alicyclic amines) is 1. The van der Waals surface area contributed by atoms with Crippen LogP contribution in [-0.4, -0.2) is 37.6 Å². The molecule has 1 aliphatic heterocycles. The van der Waals surface area contributed by atoms with E-state index in [1.807, 2.05) is 36.4 Å². The molecule has 2 aromatic rings. The second-order valence-electron chi connectivity index (χ2n) is 6.43. The molecule has 0 bridgehead atoms. The number of nitrogens with zero attached hydrogens (tertiary/aromatic N) is 1. The van der Waals surface area contributed by atoms with E-state index in [2.05, 4.69) is 10.2 Å². The second kappa shape index (κ2) is 8.72. The lowest BCUT2D eigenvalue weighted by Gasteiger charge is -2.26. The Hall–Kier alpha value is -2.27. The van der Waals surface area contributed by atoms with Crippen LogP contribution in [0.1, 0.15) is 36.6 Å². The van der Waals surface area contributed by atoms with Crippen LogP contribution in [0.25, 0.3) is 0 Å². The van der Waals surface area contributed by atoms with E-state index in [4.69, 9.17) is 9.15 Å². The molecule has 0 radical (unpaired) electrons. The molecule has 3 rings (SSSR count). The average molecular weight is 342 g/mol. The second-order valence-corrected chi connectivity index (χ2v) is 6.43. The van der Waals surface area contributed by atoms with Crippen molar-refractivity contribution in [2.75, 3.05) is 26.7 Å². The maximum absolute atomic E-state index is 12.3. The van der Waals surface area contributed by atoms with Gasteiger partial charge in [0.25, 0.3) is 0 Å². The SMILES string of the molecule is COc1cccc(CCC(=O)NCC(c2ccco2)N2CCCC2)c1. The summed E-state index contributed by atoms with van der Waals surface area (Å²) in [5.41, 5.74) is 1.11. The summed E-state index contributed by atoms with van der Waals surface area (Å²) in [7, 11) is 1.65. The molecule has 1 N–H and O–H groups in total. The fraction of sp³-hybridized carbons (Fsp3) is 0.450. The molecule has 1 atom stereocenters. The van der Waals surface area contributed by atoms with Gasteiger partial charge in [0.1, 0.15) is 11.5 Å². The van der Waals surface area contributed by atoms with Gasteiger partial charge in [-0.15, -0.1) is 0 Å². The molecule has 5 heteroatoms. The monoisotopic (exact) mass is 342 g/mol. The Balaban J connectivity index is 1.51. The lowest BCUT2D eigenvalue weighted by molar-refractivity contribution is -0.121. The Morgan fingerprint density at radius 1 is 1.28 bits per heavy atom. The highest BCUT2D eigenvalue weighted by atomic mass is 16.5. The van der Waals surface area contributed by atoms with E-state index in [0.29, 0.717) is 19.4 Å². The molecule has 5 nitrogen and oxygen atoms in total. The highest BCUT2D eigenvalue weighted by molar-refractivity contribution is 5.76. The minimum Gasteiger partial charge on any atom is -0.497 e. The minimum atomic E-state index is 0.0681. The number of carbonyl (C=O) groups is 1. The maximum atomic E-state index is 12.3. The predicted octanol–water partition coefficient (Wildman–Crippen LogP) is 3.17. The predicted molar refractivity (Wildman–Crippen MR) is 96.6 cm³/mol. The fourth-order valence-electron chi connectivity index (χ4n) is 3.33. The molecule has 1 aromatic heterocycles. The summed E-state index contributed by atoms with van der Waals surface area (Å²) >= 11 is 0. The number of rotatable bonds is 8. The molecule has 25 heavy (non-hydrogen) atoms. The third kappa shape index (κ3) is 4.86. The van der Waals surface area contributed by atoms with Gasteiger partial charge in [0, 0.05) is 13.0 Å². The van der Waals surface area contributed by atoms with Crippen LogP contribution in [0.15, 0.2) is 47.1 Å². The van der Waals surface area contributed by atoms with E-state index in [-0.39, 0.29) is 11.9 Å². The first-order valence-electron chi connectivity index (χ1n) is 8.93. The van der Waals surface area contributed by atoms with Gasteiger partial charge in [-0.25, -0.2) is 0 Å². The normalized spacial score (nSPS) is 15.9. The Labute approximate surface area is 149 Å². The summed E-state index contributed by atoms with van der Waals surface area (Å²) in [6, 6.07) is 11.9. The molecule has 134 valence electrons. The first-order chi connectivity index (χ1) is 12.3. The first kappa shape index (κ1) is 17.5. The number of carbonyl (C=O) groups excluding carboxylic acids is 1. The quantitative estimate of drug-likeness (QED) is 0.800. The van der Waals surface area contributed by atoms with Gasteiger partial charge < -0.3 is 14.5 Å². The topological polar surface area (TPSA) is 54.7 Å². The van der Waals surface area contributed by atoms with E-state index in [9.17, 15) is 4.79 Å². The van der Waals surface area contributed by atoms with Crippen molar-refractivity contribution in [1.82, 2.24) is 10.2 Å². The Morgan fingerprint density at radius 3 is 2.84 bits per heavy atom. The molecular formula is C20H26N2O3. The maximum Gasteiger partial charge on any atom is 0.220 e. The van der Waals surface area contributed by atoms with Crippen molar-refractivity contribution >= 4 is 5.91 Å². The summed E-state index contributed by atoms with van der Waals surface area (Å²) in [6.45, 7) is 2.71. The smallest absolute Gasteiger partial charge is 0.220 e. The number of amides is 1. The number of methoxy groups -OCH3 is 1. The van der Waals surface area contributed by atoms with Crippen LogP contribution in [0, 0.1) is 0 Å². The molecule has 0 spiro atoms. The van der Waals surface area contributed by atoms with Crippen molar-refractivity contribution in [3.63, 3.8) is 0 Å². The Morgan fingerprint density at radius 2 is 2.12 bits per heavy atom. The summed E-state index contributed by atoms with van der Waals surface area (Å²) < 4.78 is 10.8. The van der Waals surface area contributed by atoms with Crippen LogP contribution in [0.4, 0.5) is 0 Å². The van der Waals surface area contributed by atoms with Crippen molar-refractivity contribution < 1.29 is 13.9 Å². The van der Waals surface area contributed by atoms with E-state index in [1.54, 1.807) is 13.4 Å². The molecule has 1 aromatic carbocycles. The van der Waals surface area contributed by atoms with Crippen LogP contribution in [0.3, 0.4) is 0 Å². The standard InChI is InChI=1S/C20H26N2O3/c1-24-17-7-4-6-16(14-17)9-10-20(23)21-15-18(19-8-5-13-25-19)22-11-2-3-12-22/h4-8,13-14,18H,2-3,9-12,15H2,1H3,(H,21,23). The molecule has 1 unspecified atom stereocenters. The van der Waals surface area contributed by atoms with Crippen LogP contribution >= 0.6 is 0 Å². The van der Waals surface area contributed by atoms with Crippen molar-refractivity contribution in [1.29, 1.82) is 0 Å². The lowest BCUT2D eigenvalue weighted by atomic mass is 10.1. The number of benzene rings is 1. The molecule has 1 fully saturated rings. The van der Waals surface area contributed by atoms with Crippen molar-refractivity contribution in [3.8, 4) is 5.75 Å². The number of nitrogens with one attached hydrogen (secondary N) is 1. The van der Waals surface area contributed by atoms with Crippen LogP contribution in [0.5, 0.6) is 5.75 Å². The lowest BCUT2D eigenvalue weighted by Crippen LogP contribution is -2.36. The average Bonchev–Trinajstić information content (AvgIpc) is 3.35. The third-order valence-corrected chi connectivity index (χ3v) is 4.72. The fourth-order valence-corrected chi connectivity index (χ4v) is 3.33. The number of ether oxygens (including phenoxy) is 1. The van der Waals surface area contributed by atoms with Crippen molar-refractivity contribution in [2.45, 2.75) is 31.7 Å². The van der Waals surface area contributed by atoms with Gasteiger partial charge >= 0.3 is 0 Å². The number of hydrogen-bond donors (Lipinski definition) is 1. The van der Waals surface area contributed by atoms with Gasteiger partial charge in [-0.05, 0) is 62.2 Å². The molecule has 1 amide bonds. The third-order valence-electron chi connectivity index (χ3n) is 4.72. The summed E-state index contributed by atoms with van der Waals surface area (Å²) in [5, 5.41) is 3.07. The molecule has 1 saturated heterocycles. The number of furan rings is 1.